The lowest BCUT2D eigenvalue weighted by Crippen LogP contribution is -2.36. The van der Waals surface area contributed by atoms with Gasteiger partial charge in [0.1, 0.15) is 5.82 Å². The Kier molecular flexibility index (Phi) is 4.50. The molecule has 0 saturated heterocycles. The Bertz CT molecular complexity index is 1410. The minimum Gasteiger partial charge on any atom is -0.322 e. The van der Waals surface area contributed by atoms with Gasteiger partial charge < -0.3 is 14.9 Å². The van der Waals surface area contributed by atoms with E-state index in [1.807, 2.05) is 12.1 Å². The molecule has 0 spiro atoms. The van der Waals surface area contributed by atoms with E-state index in [4.69, 9.17) is 0 Å². The summed E-state index contributed by atoms with van der Waals surface area (Å²) < 4.78 is 1.38. The number of anilines is 1. The van der Waals surface area contributed by atoms with Crippen LogP contribution in [0.3, 0.4) is 0 Å². The number of amides is 1. The molecule has 156 valence electrons. The molecule has 0 radical (unpaired) electrons. The maximum atomic E-state index is 12.7. The molecule has 5 rings (SSSR count). The Morgan fingerprint density at radius 3 is 2.65 bits per heavy atom. The fourth-order valence-corrected chi connectivity index (χ4v) is 3.58. The zero-order valence-electron chi connectivity index (χ0n) is 16.8. The zero-order chi connectivity index (χ0) is 21.5. The van der Waals surface area contributed by atoms with Crippen molar-refractivity contribution in [2.24, 2.45) is 0 Å². The van der Waals surface area contributed by atoms with Gasteiger partial charge in [-0.1, -0.05) is 0 Å². The summed E-state index contributed by atoms with van der Waals surface area (Å²) in [6, 6.07) is 12.1. The van der Waals surface area contributed by atoms with Gasteiger partial charge in [-0.25, -0.2) is 4.98 Å². The summed E-state index contributed by atoms with van der Waals surface area (Å²) in [6.45, 7) is 2.15. The molecule has 1 aliphatic rings. The fourth-order valence-electron chi connectivity index (χ4n) is 3.58. The van der Waals surface area contributed by atoms with E-state index in [1.165, 1.54) is 4.57 Å². The summed E-state index contributed by atoms with van der Waals surface area (Å²) in [5.41, 5.74) is 1.55. The van der Waals surface area contributed by atoms with Gasteiger partial charge in [-0.2, -0.15) is 5.10 Å². The van der Waals surface area contributed by atoms with E-state index in [0.717, 1.165) is 24.2 Å². The lowest BCUT2D eigenvalue weighted by atomic mass is 10.1. The van der Waals surface area contributed by atoms with Crippen LogP contribution in [0.4, 0.5) is 5.69 Å². The molecular formula is C22H20N6O3. The number of carbonyl (C=O) groups excluding carboxylic acids is 1. The third-order valence-electron chi connectivity index (χ3n) is 5.42. The van der Waals surface area contributed by atoms with Gasteiger partial charge in [0.25, 0.3) is 5.91 Å². The number of aromatic amines is 2. The molecule has 2 heterocycles. The third kappa shape index (κ3) is 3.54. The summed E-state index contributed by atoms with van der Waals surface area (Å²) in [5, 5.41) is 10.1. The van der Waals surface area contributed by atoms with Gasteiger partial charge in [-0.05, 0) is 62.2 Å². The molecule has 0 unspecified atom stereocenters. The summed E-state index contributed by atoms with van der Waals surface area (Å²) in [5.74, 6) is 1.75. The van der Waals surface area contributed by atoms with Crippen LogP contribution in [0.5, 0.6) is 0 Å². The molecule has 0 bridgehead atoms. The number of rotatable bonds is 5. The van der Waals surface area contributed by atoms with Gasteiger partial charge in [0.05, 0.1) is 11.0 Å². The number of aromatic nitrogens is 5. The normalized spacial score (nSPS) is 13.5. The summed E-state index contributed by atoms with van der Waals surface area (Å²) in [6.07, 6.45) is 2.30. The molecule has 1 aliphatic carbocycles. The van der Waals surface area contributed by atoms with Crippen LogP contribution in [-0.2, 0) is 6.54 Å². The molecule has 31 heavy (non-hydrogen) atoms. The minimum atomic E-state index is -0.709. The van der Waals surface area contributed by atoms with E-state index >= 15 is 0 Å². The van der Waals surface area contributed by atoms with Crippen molar-refractivity contribution in [3.63, 3.8) is 0 Å². The van der Waals surface area contributed by atoms with Crippen LogP contribution in [0, 0.1) is 0 Å². The van der Waals surface area contributed by atoms with Crippen LogP contribution in [0.15, 0.2) is 52.1 Å². The highest BCUT2D eigenvalue weighted by atomic mass is 16.2. The molecule has 9 heteroatoms. The number of benzene rings is 2. The van der Waals surface area contributed by atoms with Crippen molar-refractivity contribution >= 4 is 22.6 Å². The van der Waals surface area contributed by atoms with E-state index in [-0.39, 0.29) is 5.91 Å². The Hall–Kier alpha value is -4.01. The molecule has 4 aromatic rings. The first kappa shape index (κ1) is 19.0. The van der Waals surface area contributed by atoms with Crippen molar-refractivity contribution < 1.29 is 4.79 Å². The summed E-state index contributed by atoms with van der Waals surface area (Å²) >= 11 is 0. The van der Waals surface area contributed by atoms with E-state index in [1.54, 1.807) is 37.3 Å². The van der Waals surface area contributed by atoms with Crippen LogP contribution in [0.2, 0.25) is 0 Å². The molecule has 0 aliphatic heterocycles. The second kappa shape index (κ2) is 7.35. The SMILES string of the molecule is CCn1c(=O)c(=O)[nH]c2cc(C(=O)Nc3ccc(-c4n[nH]c(C5CC5)n4)cc3)ccc21. The number of H-pyrrole nitrogens is 2. The second-order valence-electron chi connectivity index (χ2n) is 7.59. The Balaban J connectivity index is 1.36. The highest BCUT2D eigenvalue weighted by Crippen LogP contribution is 2.38. The third-order valence-corrected chi connectivity index (χ3v) is 5.42. The Labute approximate surface area is 176 Å². The predicted octanol–water partition coefficient (Wildman–Crippen LogP) is 2.62. The lowest BCUT2D eigenvalue weighted by Gasteiger charge is -2.09. The van der Waals surface area contributed by atoms with Crippen LogP contribution in [-0.4, -0.2) is 30.6 Å². The average Bonchev–Trinajstić information content (AvgIpc) is 3.51. The van der Waals surface area contributed by atoms with E-state index in [0.29, 0.717) is 40.6 Å². The summed E-state index contributed by atoms with van der Waals surface area (Å²) in [7, 11) is 0. The number of aryl methyl sites for hydroxylation is 1. The van der Waals surface area contributed by atoms with Crippen molar-refractivity contribution in [2.75, 3.05) is 5.32 Å². The fraction of sp³-hybridized carbons (Fsp3) is 0.227. The van der Waals surface area contributed by atoms with Crippen LogP contribution >= 0.6 is 0 Å². The molecule has 0 atom stereocenters. The van der Waals surface area contributed by atoms with Crippen molar-refractivity contribution in [3.05, 3.63) is 74.6 Å². The van der Waals surface area contributed by atoms with Gasteiger partial charge >= 0.3 is 11.1 Å². The first-order valence-electron chi connectivity index (χ1n) is 10.1. The lowest BCUT2D eigenvalue weighted by molar-refractivity contribution is 0.102. The van der Waals surface area contributed by atoms with Gasteiger partial charge in [0.15, 0.2) is 5.82 Å². The summed E-state index contributed by atoms with van der Waals surface area (Å²) in [4.78, 5) is 43.6. The number of hydrogen-bond acceptors (Lipinski definition) is 5. The van der Waals surface area contributed by atoms with E-state index < -0.39 is 11.1 Å². The van der Waals surface area contributed by atoms with Crippen molar-refractivity contribution in [3.8, 4) is 11.4 Å². The molecule has 2 aromatic heterocycles. The number of fused-ring (bicyclic) bond motifs is 1. The second-order valence-corrected chi connectivity index (χ2v) is 7.59. The number of carbonyl (C=O) groups is 1. The number of hydrogen-bond donors (Lipinski definition) is 3. The monoisotopic (exact) mass is 416 g/mol. The zero-order valence-corrected chi connectivity index (χ0v) is 16.8. The topological polar surface area (TPSA) is 126 Å². The quantitative estimate of drug-likeness (QED) is 0.431. The van der Waals surface area contributed by atoms with Crippen LogP contribution in [0.25, 0.3) is 22.4 Å². The molecule has 1 amide bonds. The van der Waals surface area contributed by atoms with Crippen molar-refractivity contribution in [2.45, 2.75) is 32.2 Å². The van der Waals surface area contributed by atoms with Crippen molar-refractivity contribution in [1.82, 2.24) is 24.7 Å². The maximum absolute atomic E-state index is 12.7. The Morgan fingerprint density at radius 2 is 1.94 bits per heavy atom. The molecular weight excluding hydrogens is 396 g/mol. The average molecular weight is 416 g/mol. The Morgan fingerprint density at radius 1 is 1.16 bits per heavy atom. The standard InChI is InChI=1S/C22H20N6O3/c1-2-28-17-10-7-14(11-16(17)24-21(30)22(28)31)20(29)23-15-8-5-13(6-9-15)19-25-18(26-27-19)12-3-4-12/h5-12H,2-4H2,1H3,(H,23,29)(H,24,30)(H,25,26,27). The van der Waals surface area contributed by atoms with Crippen molar-refractivity contribution in [1.29, 1.82) is 0 Å². The van der Waals surface area contributed by atoms with E-state index in [2.05, 4.69) is 25.5 Å². The highest BCUT2D eigenvalue weighted by Gasteiger charge is 2.27. The molecule has 2 aromatic carbocycles. The largest absolute Gasteiger partial charge is 0.322 e. The van der Waals surface area contributed by atoms with Gasteiger partial charge in [-0.3, -0.25) is 19.5 Å². The van der Waals surface area contributed by atoms with Crippen LogP contribution < -0.4 is 16.4 Å². The maximum Gasteiger partial charge on any atom is 0.316 e. The van der Waals surface area contributed by atoms with Gasteiger partial charge in [0.2, 0.25) is 0 Å². The molecule has 3 N–H and O–H groups in total. The van der Waals surface area contributed by atoms with Gasteiger partial charge in [-0.15, -0.1) is 0 Å². The first-order chi connectivity index (χ1) is 15.0. The smallest absolute Gasteiger partial charge is 0.316 e. The van der Waals surface area contributed by atoms with Gasteiger partial charge in [0, 0.05) is 29.3 Å². The molecule has 1 saturated carbocycles. The predicted molar refractivity (Wildman–Crippen MR) is 116 cm³/mol. The van der Waals surface area contributed by atoms with E-state index in [9.17, 15) is 14.4 Å². The molecule has 9 nitrogen and oxygen atoms in total. The number of nitrogens with zero attached hydrogens (tertiary/aromatic N) is 3. The minimum absolute atomic E-state index is 0.321. The van der Waals surface area contributed by atoms with Crippen LogP contribution in [0.1, 0.15) is 41.9 Å². The number of nitrogens with one attached hydrogen (secondary N) is 3. The first-order valence-corrected chi connectivity index (χ1v) is 10.1. The highest BCUT2D eigenvalue weighted by molar-refractivity contribution is 6.06. The molecule has 1 fully saturated rings.